The number of nitrogens with one attached hydrogen (secondary N) is 2. The van der Waals surface area contributed by atoms with E-state index in [-0.39, 0.29) is 11.4 Å². The van der Waals surface area contributed by atoms with Gasteiger partial charge >= 0.3 is 0 Å². The van der Waals surface area contributed by atoms with Crippen LogP contribution in [0.25, 0.3) is 0 Å². The van der Waals surface area contributed by atoms with Crippen molar-refractivity contribution in [2.45, 2.75) is 102 Å². The summed E-state index contributed by atoms with van der Waals surface area (Å²) in [4.78, 5) is 12.9. The largest absolute Gasteiger partial charge is 0.366 e. The summed E-state index contributed by atoms with van der Waals surface area (Å²) in [6.07, 6.45) is 15.5. The van der Waals surface area contributed by atoms with Crippen molar-refractivity contribution in [3.8, 4) is 0 Å². The number of carbonyl (C=O) groups excluding carboxylic acids is 1. The quantitative estimate of drug-likeness (QED) is 0.839. The summed E-state index contributed by atoms with van der Waals surface area (Å²) in [6, 6.07) is 0.785. The molecule has 3 aliphatic rings. The fourth-order valence-electron chi connectivity index (χ4n) is 5.29. The fourth-order valence-corrected chi connectivity index (χ4v) is 5.29. The highest BCUT2D eigenvalue weighted by atomic mass is 16.1. The molecule has 4 rings (SSSR count). The molecule has 2 aliphatic carbocycles. The molecule has 26 heavy (non-hydrogen) atoms. The van der Waals surface area contributed by atoms with Gasteiger partial charge < -0.3 is 10.6 Å². The molecule has 1 amide bonds. The summed E-state index contributed by atoms with van der Waals surface area (Å²) in [7, 11) is 0. The minimum atomic E-state index is -0.0495. The van der Waals surface area contributed by atoms with Crippen LogP contribution in [0.3, 0.4) is 0 Å². The predicted molar refractivity (Wildman–Crippen MR) is 104 cm³/mol. The van der Waals surface area contributed by atoms with E-state index in [1.165, 1.54) is 51.4 Å². The highest BCUT2D eigenvalue weighted by Crippen LogP contribution is 2.39. The lowest BCUT2D eigenvalue weighted by Crippen LogP contribution is -2.46. The second-order valence-electron chi connectivity index (χ2n) is 9.29. The number of aromatic nitrogens is 2. The maximum absolute atomic E-state index is 12.9. The zero-order chi connectivity index (χ0) is 18.1. The Morgan fingerprint density at radius 1 is 1.12 bits per heavy atom. The van der Waals surface area contributed by atoms with Crippen molar-refractivity contribution >= 4 is 11.7 Å². The highest BCUT2D eigenvalue weighted by Gasteiger charge is 2.39. The normalized spacial score (nSPS) is 26.8. The fraction of sp³-hybridized carbons (Fsp3) is 0.810. The van der Waals surface area contributed by atoms with Crippen molar-refractivity contribution in [2.24, 2.45) is 5.92 Å². The summed E-state index contributed by atoms with van der Waals surface area (Å²) in [6.45, 7) is 4.51. The molecule has 2 N–H and O–H groups in total. The Kier molecular flexibility index (Phi) is 4.98. The van der Waals surface area contributed by atoms with Gasteiger partial charge in [-0.2, -0.15) is 5.10 Å². The average molecular weight is 359 g/mol. The lowest BCUT2D eigenvalue weighted by atomic mass is 9.78. The smallest absolute Gasteiger partial charge is 0.256 e. The van der Waals surface area contributed by atoms with Gasteiger partial charge in [-0.1, -0.05) is 38.5 Å². The molecule has 1 aliphatic heterocycles. The van der Waals surface area contributed by atoms with Crippen LogP contribution in [-0.4, -0.2) is 27.8 Å². The van der Waals surface area contributed by atoms with Crippen LogP contribution in [0.4, 0.5) is 5.82 Å². The molecule has 2 fully saturated rings. The van der Waals surface area contributed by atoms with Gasteiger partial charge in [0.25, 0.3) is 5.91 Å². The number of rotatable bonds is 3. The third kappa shape index (κ3) is 3.49. The SMILES string of the molecule is CC1(C)CC(C2CCCCC2)Nc2c(C(=O)NC3CCCCC3)cnn21. The van der Waals surface area contributed by atoms with E-state index >= 15 is 0 Å². The van der Waals surface area contributed by atoms with Crippen LogP contribution >= 0.6 is 0 Å². The second-order valence-corrected chi connectivity index (χ2v) is 9.29. The van der Waals surface area contributed by atoms with Crippen molar-refractivity contribution in [1.82, 2.24) is 15.1 Å². The molecule has 2 saturated carbocycles. The monoisotopic (exact) mass is 358 g/mol. The number of amides is 1. The molecule has 0 spiro atoms. The number of hydrogen-bond donors (Lipinski definition) is 2. The molecule has 5 nitrogen and oxygen atoms in total. The third-order valence-electron chi connectivity index (χ3n) is 6.79. The number of fused-ring (bicyclic) bond motifs is 1. The van der Waals surface area contributed by atoms with Gasteiger partial charge in [0.05, 0.1) is 11.7 Å². The van der Waals surface area contributed by atoms with E-state index in [0.29, 0.717) is 12.1 Å². The Bertz CT molecular complexity index is 638. The molecular weight excluding hydrogens is 324 g/mol. The van der Waals surface area contributed by atoms with Crippen molar-refractivity contribution < 1.29 is 4.79 Å². The summed E-state index contributed by atoms with van der Waals surface area (Å²) in [5.41, 5.74) is 0.677. The molecule has 0 bridgehead atoms. The van der Waals surface area contributed by atoms with Crippen molar-refractivity contribution in [3.05, 3.63) is 11.8 Å². The van der Waals surface area contributed by atoms with Crippen LogP contribution < -0.4 is 10.6 Å². The van der Waals surface area contributed by atoms with E-state index in [1.807, 2.05) is 4.68 Å². The lowest BCUT2D eigenvalue weighted by molar-refractivity contribution is 0.0928. The van der Waals surface area contributed by atoms with Gasteiger partial charge in [-0.3, -0.25) is 4.79 Å². The summed E-state index contributed by atoms with van der Waals surface area (Å²) in [5, 5.41) is 11.6. The molecule has 1 atom stereocenters. The molecule has 5 heteroatoms. The predicted octanol–water partition coefficient (Wildman–Crippen LogP) is 4.45. The summed E-state index contributed by atoms with van der Waals surface area (Å²) < 4.78 is 2.04. The van der Waals surface area contributed by atoms with Gasteiger partial charge in [-0.25, -0.2) is 4.68 Å². The van der Waals surface area contributed by atoms with Gasteiger partial charge in [0.15, 0.2) is 0 Å². The van der Waals surface area contributed by atoms with Crippen LogP contribution in [0.5, 0.6) is 0 Å². The topological polar surface area (TPSA) is 59.0 Å². The Balaban J connectivity index is 1.54. The second kappa shape index (κ2) is 7.24. The van der Waals surface area contributed by atoms with E-state index in [2.05, 4.69) is 29.6 Å². The van der Waals surface area contributed by atoms with E-state index in [4.69, 9.17) is 0 Å². The molecule has 1 aromatic heterocycles. The van der Waals surface area contributed by atoms with Crippen LogP contribution in [0.15, 0.2) is 6.20 Å². The summed E-state index contributed by atoms with van der Waals surface area (Å²) in [5.74, 6) is 1.71. The average Bonchev–Trinajstić information content (AvgIpc) is 3.08. The Hall–Kier alpha value is -1.52. The van der Waals surface area contributed by atoms with Crippen LogP contribution in [0.2, 0.25) is 0 Å². The molecule has 1 unspecified atom stereocenters. The van der Waals surface area contributed by atoms with E-state index in [9.17, 15) is 4.79 Å². The number of nitrogens with zero attached hydrogens (tertiary/aromatic N) is 2. The zero-order valence-electron chi connectivity index (χ0n) is 16.4. The van der Waals surface area contributed by atoms with Crippen molar-refractivity contribution in [2.75, 3.05) is 5.32 Å². The Morgan fingerprint density at radius 3 is 2.46 bits per heavy atom. The number of carbonyl (C=O) groups is 1. The minimum absolute atomic E-state index is 0.0470. The Labute approximate surface area is 157 Å². The van der Waals surface area contributed by atoms with E-state index in [1.54, 1.807) is 6.20 Å². The van der Waals surface area contributed by atoms with Gasteiger partial charge in [0, 0.05) is 12.1 Å². The van der Waals surface area contributed by atoms with Crippen molar-refractivity contribution in [3.63, 3.8) is 0 Å². The molecule has 144 valence electrons. The molecule has 2 heterocycles. The van der Waals surface area contributed by atoms with Crippen LogP contribution in [-0.2, 0) is 5.54 Å². The first-order valence-corrected chi connectivity index (χ1v) is 10.7. The van der Waals surface area contributed by atoms with Crippen molar-refractivity contribution in [1.29, 1.82) is 0 Å². The standard InChI is InChI=1S/C21H34N4O/c1-21(2)13-18(15-9-5-3-6-10-15)24-19-17(14-22-25(19)21)20(26)23-16-11-7-4-8-12-16/h14-16,18,24H,3-13H2,1-2H3,(H,23,26). The molecule has 1 aromatic rings. The lowest BCUT2D eigenvalue weighted by Gasteiger charge is -2.42. The first kappa shape index (κ1) is 17.9. The zero-order valence-corrected chi connectivity index (χ0v) is 16.4. The van der Waals surface area contributed by atoms with E-state index in [0.717, 1.165) is 36.6 Å². The summed E-state index contributed by atoms with van der Waals surface area (Å²) >= 11 is 0. The first-order chi connectivity index (χ1) is 12.5. The van der Waals surface area contributed by atoms with Crippen LogP contribution in [0, 0.1) is 5.92 Å². The Morgan fingerprint density at radius 2 is 1.77 bits per heavy atom. The molecular formula is C21H34N4O. The van der Waals surface area contributed by atoms with Gasteiger partial charge in [-0.05, 0) is 51.9 Å². The molecule has 0 saturated heterocycles. The molecule has 0 radical (unpaired) electrons. The number of anilines is 1. The maximum Gasteiger partial charge on any atom is 0.256 e. The third-order valence-corrected chi connectivity index (χ3v) is 6.79. The van der Waals surface area contributed by atoms with Gasteiger partial charge in [0.1, 0.15) is 11.4 Å². The highest BCUT2D eigenvalue weighted by molar-refractivity contribution is 5.99. The molecule has 0 aromatic carbocycles. The van der Waals surface area contributed by atoms with Gasteiger partial charge in [-0.15, -0.1) is 0 Å². The number of hydrogen-bond acceptors (Lipinski definition) is 3. The van der Waals surface area contributed by atoms with Gasteiger partial charge in [0.2, 0.25) is 0 Å². The van der Waals surface area contributed by atoms with Crippen LogP contribution in [0.1, 0.15) is 94.8 Å². The minimum Gasteiger partial charge on any atom is -0.366 e. The van der Waals surface area contributed by atoms with E-state index < -0.39 is 0 Å². The first-order valence-electron chi connectivity index (χ1n) is 10.7. The maximum atomic E-state index is 12.9.